The minimum atomic E-state index is -2.68. The van der Waals surface area contributed by atoms with Crippen molar-refractivity contribution in [1.29, 1.82) is 0 Å². The van der Waals surface area contributed by atoms with Crippen LogP contribution in [0.1, 0.15) is 27.9 Å². The highest BCUT2D eigenvalue weighted by Gasteiger charge is 2.17. The Morgan fingerprint density at radius 1 is 1.20 bits per heavy atom. The molecule has 0 aliphatic heterocycles. The molecule has 0 unspecified atom stereocenters. The summed E-state index contributed by atoms with van der Waals surface area (Å²) in [5.41, 5.74) is 7.00. The Morgan fingerprint density at radius 3 is 2.80 bits per heavy atom. The summed E-state index contributed by atoms with van der Waals surface area (Å²) in [6, 6.07) is 9.36. The van der Waals surface area contributed by atoms with Gasteiger partial charge in [0.05, 0.1) is 22.8 Å². The van der Waals surface area contributed by atoms with Crippen molar-refractivity contribution in [2.45, 2.75) is 12.8 Å². The summed E-state index contributed by atoms with van der Waals surface area (Å²) in [6.45, 7) is 0.824. The van der Waals surface area contributed by atoms with Gasteiger partial charge >= 0.3 is 0 Å². The van der Waals surface area contributed by atoms with Gasteiger partial charge in [-0.3, -0.25) is 4.79 Å². The Balaban J connectivity index is 1.83. The number of carbonyl (C=O) groups excluding carboxylic acids is 1. The minimum absolute atomic E-state index is 0.0572. The molecule has 0 atom stereocenters. The molecule has 0 saturated heterocycles. The van der Waals surface area contributed by atoms with Gasteiger partial charge in [-0.25, -0.2) is 27.5 Å². The number of hydrogen-bond acceptors (Lipinski definition) is 7. The van der Waals surface area contributed by atoms with E-state index in [1.165, 1.54) is 12.3 Å². The number of ketones is 1. The normalized spacial score (nSPS) is 11.2. The van der Waals surface area contributed by atoms with Crippen LogP contribution < -0.4 is 15.2 Å². The minimum Gasteiger partial charge on any atom is -0.475 e. The number of nitrogens with two attached hydrogens (primary N) is 1. The van der Waals surface area contributed by atoms with Crippen molar-refractivity contribution in [2.75, 3.05) is 19.7 Å². The quantitative estimate of drug-likeness (QED) is 0.251. The lowest BCUT2D eigenvalue weighted by molar-refractivity contribution is 0.103. The monoisotopic (exact) mass is 432 g/mol. The van der Waals surface area contributed by atoms with Crippen molar-refractivity contribution in [1.82, 2.24) is 14.7 Å². The summed E-state index contributed by atoms with van der Waals surface area (Å²) >= 11 is 0. The van der Waals surface area contributed by atoms with Gasteiger partial charge in [0.25, 0.3) is 0 Å². The molecular formula is C20H21FN4O4S. The number of aromatic nitrogens is 2. The molecule has 158 valence electrons. The summed E-state index contributed by atoms with van der Waals surface area (Å²) in [5.74, 6) is -0.800. The first-order chi connectivity index (χ1) is 14.5. The van der Waals surface area contributed by atoms with Gasteiger partial charge in [0.2, 0.25) is 16.8 Å². The predicted octanol–water partition coefficient (Wildman–Crippen LogP) is 1.39. The van der Waals surface area contributed by atoms with Crippen molar-refractivity contribution < 1.29 is 22.3 Å². The first kappa shape index (κ1) is 21.8. The van der Waals surface area contributed by atoms with E-state index in [4.69, 9.17) is 10.5 Å². The van der Waals surface area contributed by atoms with Gasteiger partial charge in [0.15, 0.2) is 5.78 Å². The summed E-state index contributed by atoms with van der Waals surface area (Å²) in [7, 11) is -2.68. The number of benzene rings is 2. The maximum Gasteiger partial charge on any atom is 0.232 e. The average molecular weight is 432 g/mol. The number of carbonyl (C=O) groups is 1. The highest BCUT2D eigenvalue weighted by molar-refractivity contribution is 7.70. The Morgan fingerprint density at radius 2 is 2.03 bits per heavy atom. The predicted molar refractivity (Wildman–Crippen MR) is 111 cm³/mol. The third-order valence-electron chi connectivity index (χ3n) is 4.34. The molecule has 8 nitrogen and oxygen atoms in total. The lowest BCUT2D eigenvalue weighted by Crippen LogP contribution is -2.14. The fraction of sp³-hybridized carbons (Fsp3) is 0.250. The molecule has 0 saturated carbocycles. The number of nitrogens with one attached hydrogen (secondary N) is 1. The molecule has 10 heteroatoms. The van der Waals surface area contributed by atoms with Crippen LogP contribution in [-0.2, 0) is 17.3 Å². The molecule has 1 heterocycles. The van der Waals surface area contributed by atoms with Gasteiger partial charge in [-0.2, -0.15) is 0 Å². The van der Waals surface area contributed by atoms with E-state index in [-0.39, 0.29) is 24.3 Å². The van der Waals surface area contributed by atoms with Gasteiger partial charge in [-0.15, -0.1) is 0 Å². The molecule has 3 aromatic rings. The van der Waals surface area contributed by atoms with E-state index in [1.807, 2.05) is 0 Å². The second-order valence-corrected chi connectivity index (χ2v) is 7.26. The van der Waals surface area contributed by atoms with Gasteiger partial charge in [-0.05, 0) is 42.7 Å². The van der Waals surface area contributed by atoms with Crippen LogP contribution in [0.2, 0.25) is 0 Å². The Hall–Kier alpha value is -2.95. The van der Waals surface area contributed by atoms with Gasteiger partial charge in [0, 0.05) is 18.7 Å². The van der Waals surface area contributed by atoms with Gasteiger partial charge in [-0.1, -0.05) is 12.1 Å². The molecule has 0 fully saturated rings. The Labute approximate surface area is 174 Å². The Bertz CT molecular complexity index is 1130. The third kappa shape index (κ3) is 5.35. The number of hydrogen-bond donors (Lipinski definition) is 3. The molecular weight excluding hydrogens is 411 g/mol. The van der Waals surface area contributed by atoms with Crippen LogP contribution in [0.15, 0.2) is 42.6 Å². The van der Waals surface area contributed by atoms with Crippen molar-refractivity contribution in [3.8, 4) is 5.88 Å². The van der Waals surface area contributed by atoms with Crippen LogP contribution in [0.3, 0.4) is 0 Å². The number of halogens is 1. The number of rotatable bonds is 10. The van der Waals surface area contributed by atoms with E-state index < -0.39 is 22.5 Å². The van der Waals surface area contributed by atoms with E-state index in [2.05, 4.69) is 14.7 Å². The molecule has 2 aromatic carbocycles. The number of ether oxygens (including phenoxy) is 1. The molecule has 1 aromatic heterocycles. The van der Waals surface area contributed by atoms with Crippen LogP contribution in [0.4, 0.5) is 4.39 Å². The highest BCUT2D eigenvalue weighted by atomic mass is 32.2. The van der Waals surface area contributed by atoms with Gasteiger partial charge < -0.3 is 10.5 Å². The van der Waals surface area contributed by atoms with Crippen molar-refractivity contribution in [2.24, 2.45) is 5.73 Å². The zero-order valence-electron chi connectivity index (χ0n) is 16.0. The second kappa shape index (κ2) is 10.2. The molecule has 0 aliphatic carbocycles. The molecule has 30 heavy (non-hydrogen) atoms. The first-order valence-electron chi connectivity index (χ1n) is 9.29. The van der Waals surface area contributed by atoms with E-state index in [9.17, 15) is 17.6 Å². The third-order valence-corrected chi connectivity index (χ3v) is 4.82. The van der Waals surface area contributed by atoms with Crippen LogP contribution in [-0.4, -0.2) is 43.9 Å². The fourth-order valence-corrected chi connectivity index (χ4v) is 3.26. The van der Waals surface area contributed by atoms with Gasteiger partial charge in [0.1, 0.15) is 12.4 Å². The molecule has 0 spiro atoms. The topological polar surface area (TPSA) is 124 Å². The van der Waals surface area contributed by atoms with E-state index in [0.717, 1.165) is 0 Å². The van der Waals surface area contributed by atoms with E-state index in [1.54, 1.807) is 30.3 Å². The highest BCUT2D eigenvalue weighted by Crippen LogP contribution is 2.21. The number of aryl methyl sites for hydroxylation is 1. The molecule has 0 bridgehead atoms. The van der Waals surface area contributed by atoms with Crippen LogP contribution in [0.5, 0.6) is 5.88 Å². The summed E-state index contributed by atoms with van der Waals surface area (Å²) in [6.07, 6.45) is 2.18. The first-order valence-corrected chi connectivity index (χ1v) is 10.5. The standard InChI is InChI=1S/C20H21FN4O4S/c21-19-13(4-2-9-24-30(27)28)3-1-5-15(19)20(26)14-6-7-16-17(11-14)25-18(12-23-16)29-10-8-22/h1,3,5-7,11-12,30H,2,4,8-10,22H2,(H,24,27,28). The molecule has 3 rings (SSSR count). The zero-order valence-corrected chi connectivity index (χ0v) is 16.9. The molecule has 0 amide bonds. The average Bonchev–Trinajstić information content (AvgIpc) is 2.75. The fourth-order valence-electron chi connectivity index (χ4n) is 2.92. The van der Waals surface area contributed by atoms with Crippen LogP contribution in [0.25, 0.3) is 11.0 Å². The number of thiol groups is 1. The maximum atomic E-state index is 14.9. The van der Waals surface area contributed by atoms with Crippen LogP contribution in [0, 0.1) is 5.82 Å². The van der Waals surface area contributed by atoms with E-state index >= 15 is 0 Å². The second-order valence-electron chi connectivity index (χ2n) is 6.43. The number of nitrogens with zero attached hydrogens (tertiary/aromatic N) is 2. The summed E-state index contributed by atoms with van der Waals surface area (Å²) in [4.78, 5) is 21.5. The van der Waals surface area contributed by atoms with Crippen LogP contribution >= 0.6 is 0 Å². The Kier molecular flexibility index (Phi) is 7.39. The SMILES string of the molecule is NCCOc1cnc2ccc(C(=O)c3cccc(CCCN[SH](=O)=O)c3F)cc2n1. The summed E-state index contributed by atoms with van der Waals surface area (Å²) in [5, 5.41) is 0. The molecule has 0 radical (unpaired) electrons. The van der Waals surface area contributed by atoms with Crippen molar-refractivity contribution >= 4 is 27.7 Å². The van der Waals surface area contributed by atoms with E-state index in [0.29, 0.717) is 41.9 Å². The number of fused-ring (bicyclic) bond motifs is 1. The smallest absolute Gasteiger partial charge is 0.232 e. The van der Waals surface area contributed by atoms with Crippen molar-refractivity contribution in [3.05, 3.63) is 65.1 Å². The van der Waals surface area contributed by atoms with Crippen molar-refractivity contribution in [3.63, 3.8) is 0 Å². The lowest BCUT2D eigenvalue weighted by atomic mass is 9.98. The molecule has 0 aliphatic rings. The maximum absolute atomic E-state index is 14.9. The summed E-state index contributed by atoms with van der Waals surface area (Å²) < 4.78 is 43.6. The largest absolute Gasteiger partial charge is 0.475 e. The lowest BCUT2D eigenvalue weighted by Gasteiger charge is -2.09. The molecule has 3 N–H and O–H groups in total. The zero-order chi connectivity index (χ0) is 21.5.